The molecule has 0 aliphatic rings. The lowest BCUT2D eigenvalue weighted by Gasteiger charge is -2.08. The van der Waals surface area contributed by atoms with E-state index in [1.165, 1.54) is 0 Å². The number of rotatable bonds is 6. The molecule has 0 aromatic heterocycles. The first kappa shape index (κ1) is 15.1. The number of nitrogens with one attached hydrogen (secondary N) is 1. The van der Waals surface area contributed by atoms with Gasteiger partial charge in [-0.05, 0) is 23.3 Å². The fourth-order valence-electron chi connectivity index (χ4n) is 1.81. The Morgan fingerprint density at radius 3 is 2.10 bits per heavy atom. The lowest BCUT2D eigenvalue weighted by atomic mass is 10.1. The molecule has 5 nitrogen and oxygen atoms in total. The van der Waals surface area contributed by atoms with Crippen LogP contribution >= 0.6 is 0 Å². The number of carboxylic acid groups (broad SMARTS) is 1. The van der Waals surface area contributed by atoms with Gasteiger partial charge in [0.05, 0.1) is 12.2 Å². The van der Waals surface area contributed by atoms with Gasteiger partial charge < -0.3 is 5.11 Å². The maximum atomic E-state index is 11.7. The van der Waals surface area contributed by atoms with Crippen LogP contribution in [-0.4, -0.2) is 25.2 Å². The molecular weight excluding hydrogens is 290 g/mol. The summed E-state index contributed by atoms with van der Waals surface area (Å²) in [6.45, 7) is 0. The Bertz CT molecular complexity index is 709. The fourth-order valence-corrected chi connectivity index (χ4v) is 2.85. The number of aliphatic carboxylic acids is 1. The summed E-state index contributed by atoms with van der Waals surface area (Å²) in [5.41, 5.74) is 2.43. The van der Waals surface area contributed by atoms with Crippen molar-refractivity contribution < 1.29 is 18.3 Å². The van der Waals surface area contributed by atoms with Crippen molar-refractivity contribution in [3.8, 4) is 11.1 Å². The van der Waals surface area contributed by atoms with Gasteiger partial charge in [0.1, 0.15) is 0 Å². The predicted octanol–water partition coefficient (Wildman–Crippen LogP) is 2.57. The minimum atomic E-state index is -3.64. The minimum Gasteiger partial charge on any atom is -0.481 e. The van der Waals surface area contributed by atoms with Crippen molar-refractivity contribution in [2.45, 2.75) is 6.42 Å². The third-order valence-electron chi connectivity index (χ3n) is 2.85. The summed E-state index contributed by atoms with van der Waals surface area (Å²) in [6, 6.07) is 16.6. The Balaban J connectivity index is 2.08. The molecule has 0 saturated carbocycles. The van der Waals surface area contributed by atoms with E-state index in [2.05, 4.69) is 4.72 Å². The summed E-state index contributed by atoms with van der Waals surface area (Å²) in [5, 5.41) is 8.51. The molecule has 0 amide bonds. The summed E-state index contributed by atoms with van der Waals surface area (Å²) in [6.07, 6.45) is -0.419. The average molecular weight is 305 g/mol. The zero-order valence-corrected chi connectivity index (χ0v) is 12.0. The van der Waals surface area contributed by atoms with Crippen LogP contribution in [0.1, 0.15) is 6.42 Å². The third-order valence-corrected chi connectivity index (χ3v) is 4.14. The minimum absolute atomic E-state index is 0.417. The molecule has 2 aromatic rings. The first-order valence-electron chi connectivity index (χ1n) is 6.34. The molecule has 0 radical (unpaired) electrons. The van der Waals surface area contributed by atoms with Crippen LogP contribution in [0.3, 0.4) is 0 Å². The van der Waals surface area contributed by atoms with Gasteiger partial charge in [-0.1, -0.05) is 42.5 Å². The highest BCUT2D eigenvalue weighted by atomic mass is 32.2. The Labute approximate surface area is 123 Å². The molecule has 2 aromatic carbocycles. The van der Waals surface area contributed by atoms with Crippen LogP contribution in [0.25, 0.3) is 11.1 Å². The zero-order chi connectivity index (χ0) is 15.3. The van der Waals surface area contributed by atoms with Gasteiger partial charge in [-0.25, -0.2) is 8.42 Å². The maximum Gasteiger partial charge on any atom is 0.304 e. The van der Waals surface area contributed by atoms with Gasteiger partial charge in [0.15, 0.2) is 0 Å². The maximum absolute atomic E-state index is 11.7. The summed E-state index contributed by atoms with van der Waals surface area (Å²) < 4.78 is 25.7. The van der Waals surface area contributed by atoms with Crippen LogP contribution in [0.4, 0.5) is 5.69 Å². The largest absolute Gasteiger partial charge is 0.481 e. The van der Waals surface area contributed by atoms with Crippen LogP contribution in [0.5, 0.6) is 0 Å². The standard InChI is InChI=1S/C15H15NO4S/c17-15(18)10-11-21(19,20)16-14-8-6-13(7-9-14)12-4-2-1-3-5-12/h1-9,16H,10-11H2,(H,17,18). The molecule has 0 aliphatic carbocycles. The first-order chi connectivity index (χ1) is 9.96. The smallest absolute Gasteiger partial charge is 0.304 e. The molecule has 110 valence electrons. The summed E-state index contributed by atoms with van der Waals surface area (Å²) in [5.74, 6) is -1.58. The van der Waals surface area contributed by atoms with Gasteiger partial charge in [-0.15, -0.1) is 0 Å². The second-order valence-electron chi connectivity index (χ2n) is 4.51. The molecule has 0 saturated heterocycles. The molecule has 0 unspecified atom stereocenters. The summed E-state index contributed by atoms with van der Waals surface area (Å²) in [4.78, 5) is 10.4. The van der Waals surface area contributed by atoms with E-state index in [1.807, 2.05) is 42.5 Å². The molecule has 21 heavy (non-hydrogen) atoms. The van der Waals surface area contributed by atoms with Gasteiger partial charge in [0.25, 0.3) is 0 Å². The molecular formula is C15H15NO4S. The molecule has 0 spiro atoms. The Morgan fingerprint density at radius 2 is 1.52 bits per heavy atom. The zero-order valence-electron chi connectivity index (χ0n) is 11.2. The van der Waals surface area contributed by atoms with Crippen LogP contribution in [0.2, 0.25) is 0 Å². The number of hydrogen-bond acceptors (Lipinski definition) is 3. The summed E-state index contributed by atoms with van der Waals surface area (Å²) >= 11 is 0. The fraction of sp³-hybridized carbons (Fsp3) is 0.133. The molecule has 2 rings (SSSR count). The van der Waals surface area contributed by atoms with Crippen molar-refractivity contribution in [3.63, 3.8) is 0 Å². The Hall–Kier alpha value is -2.34. The quantitative estimate of drug-likeness (QED) is 0.859. The van der Waals surface area contributed by atoms with Crippen LogP contribution < -0.4 is 4.72 Å². The van der Waals surface area contributed by atoms with E-state index in [1.54, 1.807) is 12.1 Å². The molecule has 0 fully saturated rings. The van der Waals surface area contributed by atoms with E-state index in [4.69, 9.17) is 5.11 Å². The van der Waals surface area contributed by atoms with E-state index in [9.17, 15) is 13.2 Å². The van der Waals surface area contributed by atoms with Crippen molar-refractivity contribution in [2.75, 3.05) is 10.5 Å². The van der Waals surface area contributed by atoms with Crippen LogP contribution in [-0.2, 0) is 14.8 Å². The van der Waals surface area contributed by atoms with Crippen molar-refractivity contribution in [2.24, 2.45) is 0 Å². The normalized spacial score (nSPS) is 11.0. The SMILES string of the molecule is O=C(O)CCS(=O)(=O)Nc1ccc(-c2ccccc2)cc1. The monoisotopic (exact) mass is 305 g/mol. The number of benzene rings is 2. The van der Waals surface area contributed by atoms with Crippen LogP contribution in [0.15, 0.2) is 54.6 Å². The van der Waals surface area contributed by atoms with Crippen molar-refractivity contribution >= 4 is 21.7 Å². The number of sulfonamides is 1. The summed E-state index contributed by atoms with van der Waals surface area (Å²) in [7, 11) is -3.64. The van der Waals surface area contributed by atoms with Gasteiger partial charge in [0, 0.05) is 5.69 Å². The third kappa shape index (κ3) is 4.61. The average Bonchev–Trinajstić information content (AvgIpc) is 2.47. The number of carbonyl (C=O) groups is 1. The molecule has 0 bridgehead atoms. The lowest BCUT2D eigenvalue weighted by Crippen LogP contribution is -2.18. The van der Waals surface area contributed by atoms with E-state index < -0.39 is 28.2 Å². The van der Waals surface area contributed by atoms with Crippen molar-refractivity contribution in [1.82, 2.24) is 0 Å². The number of hydrogen-bond donors (Lipinski definition) is 2. The highest BCUT2D eigenvalue weighted by Crippen LogP contribution is 2.21. The van der Waals surface area contributed by atoms with Gasteiger partial charge >= 0.3 is 5.97 Å². The second-order valence-corrected chi connectivity index (χ2v) is 6.35. The van der Waals surface area contributed by atoms with Crippen molar-refractivity contribution in [3.05, 3.63) is 54.6 Å². The molecule has 0 aliphatic heterocycles. The van der Waals surface area contributed by atoms with Gasteiger partial charge in [-0.2, -0.15) is 0 Å². The van der Waals surface area contributed by atoms with Gasteiger partial charge in [0.2, 0.25) is 10.0 Å². The number of anilines is 1. The molecule has 2 N–H and O–H groups in total. The van der Waals surface area contributed by atoms with E-state index >= 15 is 0 Å². The first-order valence-corrected chi connectivity index (χ1v) is 7.99. The van der Waals surface area contributed by atoms with Crippen LogP contribution in [0, 0.1) is 0 Å². The molecule has 0 heterocycles. The number of carboxylic acids is 1. The Morgan fingerprint density at radius 1 is 0.952 bits per heavy atom. The van der Waals surface area contributed by atoms with E-state index in [0.29, 0.717) is 5.69 Å². The molecule has 0 atom stereocenters. The second kappa shape index (κ2) is 6.41. The highest BCUT2D eigenvalue weighted by molar-refractivity contribution is 7.92. The topological polar surface area (TPSA) is 83.5 Å². The predicted molar refractivity (Wildman–Crippen MR) is 81.5 cm³/mol. The van der Waals surface area contributed by atoms with E-state index in [0.717, 1.165) is 11.1 Å². The Kier molecular flexibility index (Phi) is 4.59. The van der Waals surface area contributed by atoms with E-state index in [-0.39, 0.29) is 0 Å². The van der Waals surface area contributed by atoms with Crippen molar-refractivity contribution in [1.29, 1.82) is 0 Å². The van der Waals surface area contributed by atoms with Gasteiger partial charge in [-0.3, -0.25) is 9.52 Å². The highest BCUT2D eigenvalue weighted by Gasteiger charge is 2.12. The lowest BCUT2D eigenvalue weighted by molar-refractivity contribution is -0.136. The molecule has 6 heteroatoms.